The Bertz CT molecular complexity index is 270. The molecular formula is C13H24N2O. The van der Waals surface area contributed by atoms with Gasteiger partial charge in [0.05, 0.1) is 6.04 Å². The van der Waals surface area contributed by atoms with Gasteiger partial charge in [0.15, 0.2) is 0 Å². The average Bonchev–Trinajstić information content (AvgIpc) is 2.72. The Hall–Kier alpha value is -0.570. The maximum absolute atomic E-state index is 12.2. The highest BCUT2D eigenvalue weighted by Crippen LogP contribution is 2.38. The molecule has 16 heavy (non-hydrogen) atoms. The lowest BCUT2D eigenvalue weighted by Gasteiger charge is -2.30. The van der Waals surface area contributed by atoms with Crippen molar-refractivity contribution in [3.05, 3.63) is 0 Å². The van der Waals surface area contributed by atoms with Crippen LogP contribution >= 0.6 is 0 Å². The van der Waals surface area contributed by atoms with Gasteiger partial charge in [-0.2, -0.15) is 0 Å². The lowest BCUT2D eigenvalue weighted by Crippen LogP contribution is -2.49. The van der Waals surface area contributed by atoms with E-state index < -0.39 is 0 Å². The van der Waals surface area contributed by atoms with Gasteiger partial charge in [0.2, 0.25) is 5.91 Å². The van der Waals surface area contributed by atoms with E-state index in [0.29, 0.717) is 0 Å². The Morgan fingerprint density at radius 2 is 1.75 bits per heavy atom. The lowest BCUT2D eigenvalue weighted by atomic mass is 9.86. The molecular weight excluding hydrogens is 200 g/mol. The van der Waals surface area contributed by atoms with E-state index in [9.17, 15) is 4.79 Å². The second-order valence-corrected chi connectivity index (χ2v) is 6.54. The number of hydrogen-bond donors (Lipinski definition) is 1. The van der Waals surface area contributed by atoms with E-state index in [1.807, 2.05) is 25.7 Å². The first-order valence-electron chi connectivity index (χ1n) is 6.44. The SMILES string of the molecule is CC(C)(C)C(N)C(=O)N1CC2CCCC2C1. The number of nitrogens with two attached hydrogens (primary N) is 1. The molecule has 3 heteroatoms. The van der Waals surface area contributed by atoms with Crippen molar-refractivity contribution in [1.29, 1.82) is 0 Å². The molecule has 2 fully saturated rings. The molecule has 0 spiro atoms. The van der Waals surface area contributed by atoms with Crippen molar-refractivity contribution in [3.8, 4) is 0 Å². The standard InChI is InChI=1S/C13H24N2O/c1-13(2,3)11(14)12(16)15-7-9-5-4-6-10(9)8-15/h9-11H,4-8,14H2,1-3H3. The molecule has 0 bridgehead atoms. The van der Waals surface area contributed by atoms with Crippen LogP contribution < -0.4 is 5.73 Å². The van der Waals surface area contributed by atoms with E-state index in [1.54, 1.807) is 0 Å². The molecule has 1 amide bonds. The van der Waals surface area contributed by atoms with Crippen LogP contribution in [0.1, 0.15) is 40.0 Å². The summed E-state index contributed by atoms with van der Waals surface area (Å²) in [4.78, 5) is 14.2. The normalized spacial score (nSPS) is 31.6. The van der Waals surface area contributed by atoms with E-state index in [4.69, 9.17) is 5.73 Å². The highest BCUT2D eigenvalue weighted by molar-refractivity contribution is 5.82. The van der Waals surface area contributed by atoms with Crippen LogP contribution in [0.3, 0.4) is 0 Å². The number of hydrogen-bond acceptors (Lipinski definition) is 2. The van der Waals surface area contributed by atoms with Gasteiger partial charge in [0.25, 0.3) is 0 Å². The van der Waals surface area contributed by atoms with Crippen LogP contribution in [0.2, 0.25) is 0 Å². The molecule has 0 aromatic carbocycles. The third-order valence-electron chi connectivity index (χ3n) is 4.24. The molecule has 3 unspecified atom stereocenters. The zero-order chi connectivity index (χ0) is 11.9. The summed E-state index contributed by atoms with van der Waals surface area (Å²) >= 11 is 0. The summed E-state index contributed by atoms with van der Waals surface area (Å²) in [6.07, 6.45) is 3.96. The van der Waals surface area contributed by atoms with Gasteiger partial charge in [-0.25, -0.2) is 0 Å². The molecule has 0 aromatic rings. The first-order valence-corrected chi connectivity index (χ1v) is 6.44. The first kappa shape index (κ1) is 11.9. The third kappa shape index (κ3) is 2.10. The molecule has 0 radical (unpaired) electrons. The van der Waals surface area contributed by atoms with Gasteiger partial charge in [-0.05, 0) is 30.1 Å². The zero-order valence-electron chi connectivity index (χ0n) is 10.7. The summed E-state index contributed by atoms with van der Waals surface area (Å²) in [7, 11) is 0. The van der Waals surface area contributed by atoms with Gasteiger partial charge < -0.3 is 10.6 Å². The van der Waals surface area contributed by atoms with Crippen molar-refractivity contribution in [2.75, 3.05) is 13.1 Å². The topological polar surface area (TPSA) is 46.3 Å². The molecule has 3 nitrogen and oxygen atoms in total. The van der Waals surface area contributed by atoms with Crippen molar-refractivity contribution >= 4 is 5.91 Å². The molecule has 1 aliphatic carbocycles. The van der Waals surface area contributed by atoms with Crippen molar-refractivity contribution in [2.45, 2.75) is 46.1 Å². The maximum Gasteiger partial charge on any atom is 0.240 e. The van der Waals surface area contributed by atoms with Crippen molar-refractivity contribution in [3.63, 3.8) is 0 Å². The van der Waals surface area contributed by atoms with Crippen molar-refractivity contribution < 1.29 is 4.79 Å². The molecule has 1 saturated carbocycles. The Balaban J connectivity index is 1.97. The minimum absolute atomic E-state index is 0.130. The predicted molar refractivity (Wildman–Crippen MR) is 64.8 cm³/mol. The van der Waals surface area contributed by atoms with E-state index >= 15 is 0 Å². The fourth-order valence-electron chi connectivity index (χ4n) is 2.98. The Morgan fingerprint density at radius 3 is 2.19 bits per heavy atom. The second kappa shape index (κ2) is 4.02. The van der Waals surface area contributed by atoms with E-state index in [1.165, 1.54) is 19.3 Å². The van der Waals surface area contributed by atoms with E-state index in [2.05, 4.69) is 0 Å². The Kier molecular flexibility index (Phi) is 2.99. The summed E-state index contributed by atoms with van der Waals surface area (Å²) < 4.78 is 0. The Morgan fingerprint density at radius 1 is 1.25 bits per heavy atom. The molecule has 92 valence electrons. The highest BCUT2D eigenvalue weighted by atomic mass is 16.2. The summed E-state index contributed by atoms with van der Waals surface area (Å²) in [5.74, 6) is 1.68. The third-order valence-corrected chi connectivity index (χ3v) is 4.24. The molecule has 1 heterocycles. The number of likely N-dealkylation sites (tertiary alicyclic amines) is 1. The van der Waals surface area contributed by atoms with Crippen LogP contribution in [0.4, 0.5) is 0 Å². The highest BCUT2D eigenvalue weighted by Gasteiger charge is 2.40. The number of fused-ring (bicyclic) bond motifs is 1. The van der Waals surface area contributed by atoms with Crippen LogP contribution in [-0.2, 0) is 4.79 Å². The van der Waals surface area contributed by atoms with E-state index in [0.717, 1.165) is 24.9 Å². The quantitative estimate of drug-likeness (QED) is 0.735. The molecule has 3 atom stereocenters. The smallest absolute Gasteiger partial charge is 0.240 e. The molecule has 1 saturated heterocycles. The van der Waals surface area contributed by atoms with Crippen LogP contribution in [0.15, 0.2) is 0 Å². The fourth-order valence-corrected chi connectivity index (χ4v) is 2.98. The second-order valence-electron chi connectivity index (χ2n) is 6.54. The fraction of sp³-hybridized carbons (Fsp3) is 0.923. The Labute approximate surface area is 98.4 Å². The zero-order valence-corrected chi connectivity index (χ0v) is 10.7. The monoisotopic (exact) mass is 224 g/mol. The summed E-state index contributed by atoms with van der Waals surface area (Å²) in [5.41, 5.74) is 5.90. The lowest BCUT2D eigenvalue weighted by molar-refractivity contribution is -0.134. The molecule has 0 aromatic heterocycles. The molecule has 1 aliphatic heterocycles. The van der Waals surface area contributed by atoms with Crippen molar-refractivity contribution in [2.24, 2.45) is 23.0 Å². The molecule has 2 aliphatic rings. The van der Waals surface area contributed by atoms with Crippen LogP contribution in [0, 0.1) is 17.3 Å². The van der Waals surface area contributed by atoms with Crippen LogP contribution in [-0.4, -0.2) is 29.9 Å². The number of nitrogens with zero attached hydrogens (tertiary/aromatic N) is 1. The number of carbonyl (C=O) groups is 1. The maximum atomic E-state index is 12.2. The minimum atomic E-state index is -0.355. The van der Waals surface area contributed by atoms with Gasteiger partial charge in [-0.1, -0.05) is 27.2 Å². The number of rotatable bonds is 1. The van der Waals surface area contributed by atoms with Crippen molar-refractivity contribution in [1.82, 2.24) is 4.90 Å². The summed E-state index contributed by atoms with van der Waals surface area (Å²) in [5, 5.41) is 0. The van der Waals surface area contributed by atoms with Gasteiger partial charge in [-0.3, -0.25) is 4.79 Å². The molecule has 2 N–H and O–H groups in total. The first-order chi connectivity index (χ1) is 7.39. The van der Waals surface area contributed by atoms with Gasteiger partial charge >= 0.3 is 0 Å². The average molecular weight is 224 g/mol. The van der Waals surface area contributed by atoms with Gasteiger partial charge in [0.1, 0.15) is 0 Å². The van der Waals surface area contributed by atoms with Crippen LogP contribution in [0.5, 0.6) is 0 Å². The van der Waals surface area contributed by atoms with E-state index in [-0.39, 0.29) is 17.4 Å². The number of amides is 1. The largest absolute Gasteiger partial charge is 0.341 e. The van der Waals surface area contributed by atoms with Crippen LogP contribution in [0.25, 0.3) is 0 Å². The minimum Gasteiger partial charge on any atom is -0.341 e. The summed E-state index contributed by atoms with van der Waals surface area (Å²) in [6.45, 7) is 8.01. The predicted octanol–water partition coefficient (Wildman–Crippen LogP) is 1.62. The summed E-state index contributed by atoms with van der Waals surface area (Å²) in [6, 6.07) is -0.355. The van der Waals surface area contributed by atoms with Gasteiger partial charge in [-0.15, -0.1) is 0 Å². The number of carbonyl (C=O) groups excluding carboxylic acids is 1. The van der Waals surface area contributed by atoms with Gasteiger partial charge in [0, 0.05) is 13.1 Å². The molecule has 2 rings (SSSR count).